The van der Waals surface area contributed by atoms with Crippen molar-refractivity contribution >= 4 is 0 Å². The van der Waals surface area contributed by atoms with E-state index in [1.54, 1.807) is 0 Å². The predicted octanol–water partition coefficient (Wildman–Crippen LogP) is 3.32. The van der Waals surface area contributed by atoms with Crippen LogP contribution in [0.4, 0.5) is 0 Å². The molecule has 0 aliphatic rings. The lowest BCUT2D eigenvalue weighted by molar-refractivity contribution is -0.874. The molecule has 0 spiro atoms. The Bertz CT molecular complexity index is 174. The standard InChI is InChI=1S/C13H28N/c1-11(2)8-13(9-12(3)4)10-14(5,6)7/h12-13H,1,8-10H2,2-7H3/q+1. The largest absolute Gasteiger partial charge is 0.331 e. The van der Waals surface area contributed by atoms with Gasteiger partial charge in [-0.05, 0) is 25.7 Å². The van der Waals surface area contributed by atoms with E-state index in [4.69, 9.17) is 0 Å². The lowest BCUT2D eigenvalue weighted by Gasteiger charge is -2.30. The van der Waals surface area contributed by atoms with E-state index in [1.165, 1.54) is 25.0 Å². The summed E-state index contributed by atoms with van der Waals surface area (Å²) in [6, 6.07) is 0. The lowest BCUT2D eigenvalue weighted by atomic mass is 9.91. The van der Waals surface area contributed by atoms with E-state index < -0.39 is 0 Å². The van der Waals surface area contributed by atoms with Crippen LogP contribution in [-0.2, 0) is 0 Å². The second-order valence-corrected chi connectivity index (χ2v) is 6.13. The molecule has 14 heavy (non-hydrogen) atoms. The van der Waals surface area contributed by atoms with E-state index in [0.717, 1.165) is 16.3 Å². The first-order valence-electron chi connectivity index (χ1n) is 5.65. The van der Waals surface area contributed by atoms with Crippen molar-refractivity contribution in [3.63, 3.8) is 0 Å². The van der Waals surface area contributed by atoms with E-state index in [0.29, 0.717) is 0 Å². The fourth-order valence-electron chi connectivity index (χ4n) is 2.16. The number of hydrogen-bond acceptors (Lipinski definition) is 0. The second kappa shape index (κ2) is 5.55. The molecule has 0 saturated heterocycles. The Morgan fingerprint density at radius 3 is 2.00 bits per heavy atom. The first-order valence-corrected chi connectivity index (χ1v) is 5.65. The summed E-state index contributed by atoms with van der Waals surface area (Å²) < 4.78 is 1.06. The van der Waals surface area contributed by atoms with E-state index in [-0.39, 0.29) is 0 Å². The van der Waals surface area contributed by atoms with Crippen molar-refractivity contribution in [2.75, 3.05) is 27.7 Å². The molecule has 1 unspecified atom stereocenters. The quantitative estimate of drug-likeness (QED) is 0.454. The first kappa shape index (κ1) is 13.7. The highest BCUT2D eigenvalue weighted by Gasteiger charge is 2.19. The minimum atomic E-state index is 0.797. The van der Waals surface area contributed by atoms with Crippen LogP contribution in [0.15, 0.2) is 12.2 Å². The van der Waals surface area contributed by atoms with Gasteiger partial charge in [0.15, 0.2) is 0 Å². The third-order valence-corrected chi connectivity index (χ3v) is 2.25. The van der Waals surface area contributed by atoms with Gasteiger partial charge in [-0.1, -0.05) is 19.4 Å². The number of nitrogens with zero attached hydrogens (tertiary/aromatic N) is 1. The van der Waals surface area contributed by atoms with Gasteiger partial charge in [-0.25, -0.2) is 0 Å². The van der Waals surface area contributed by atoms with E-state index in [1.807, 2.05) is 0 Å². The Morgan fingerprint density at radius 2 is 1.71 bits per heavy atom. The van der Waals surface area contributed by atoms with Gasteiger partial charge < -0.3 is 4.48 Å². The van der Waals surface area contributed by atoms with Crippen LogP contribution in [0.5, 0.6) is 0 Å². The van der Waals surface area contributed by atoms with Gasteiger partial charge in [-0.2, -0.15) is 0 Å². The number of quaternary nitrogens is 1. The summed E-state index contributed by atoms with van der Waals surface area (Å²) in [5, 5.41) is 0. The summed E-state index contributed by atoms with van der Waals surface area (Å²) in [5.41, 5.74) is 1.32. The first-order chi connectivity index (χ1) is 6.20. The highest BCUT2D eigenvalue weighted by Crippen LogP contribution is 2.21. The van der Waals surface area contributed by atoms with Crippen LogP contribution in [0.25, 0.3) is 0 Å². The highest BCUT2D eigenvalue weighted by atomic mass is 15.3. The van der Waals surface area contributed by atoms with Gasteiger partial charge in [0.25, 0.3) is 0 Å². The molecule has 0 N–H and O–H groups in total. The van der Waals surface area contributed by atoms with Crippen LogP contribution in [0.3, 0.4) is 0 Å². The monoisotopic (exact) mass is 198 g/mol. The Morgan fingerprint density at radius 1 is 1.21 bits per heavy atom. The second-order valence-electron chi connectivity index (χ2n) is 6.13. The van der Waals surface area contributed by atoms with E-state index >= 15 is 0 Å². The highest BCUT2D eigenvalue weighted by molar-refractivity contribution is 4.90. The number of rotatable bonds is 6. The zero-order chi connectivity index (χ0) is 11.4. The summed E-state index contributed by atoms with van der Waals surface area (Å²) in [6.07, 6.45) is 2.51. The predicted molar refractivity (Wildman–Crippen MR) is 65.3 cm³/mol. The lowest BCUT2D eigenvalue weighted by Crippen LogP contribution is -2.39. The normalized spacial score (nSPS) is 14.5. The molecule has 0 aromatic carbocycles. The van der Waals surface area contributed by atoms with Gasteiger partial charge in [0, 0.05) is 5.92 Å². The van der Waals surface area contributed by atoms with Crippen LogP contribution in [0.1, 0.15) is 33.6 Å². The maximum Gasteiger partial charge on any atom is 0.0812 e. The average molecular weight is 198 g/mol. The molecule has 0 heterocycles. The number of allylic oxidation sites excluding steroid dienone is 1. The minimum Gasteiger partial charge on any atom is -0.331 e. The van der Waals surface area contributed by atoms with E-state index in [2.05, 4.69) is 48.5 Å². The summed E-state index contributed by atoms with van der Waals surface area (Å²) in [7, 11) is 6.81. The van der Waals surface area contributed by atoms with Crippen molar-refractivity contribution in [2.45, 2.75) is 33.6 Å². The van der Waals surface area contributed by atoms with Gasteiger partial charge in [-0.15, -0.1) is 6.58 Å². The van der Waals surface area contributed by atoms with Crippen LogP contribution in [-0.4, -0.2) is 32.2 Å². The molecule has 0 amide bonds. The number of hydrogen-bond donors (Lipinski definition) is 0. The molecular weight excluding hydrogens is 170 g/mol. The molecule has 0 aromatic heterocycles. The molecule has 0 aliphatic carbocycles. The average Bonchev–Trinajstić information content (AvgIpc) is 1.77. The third kappa shape index (κ3) is 8.31. The molecule has 1 atom stereocenters. The summed E-state index contributed by atoms with van der Waals surface area (Å²) in [6.45, 7) is 12.0. The minimum absolute atomic E-state index is 0.797. The van der Waals surface area contributed by atoms with Gasteiger partial charge in [0.05, 0.1) is 27.7 Å². The van der Waals surface area contributed by atoms with Crippen molar-refractivity contribution in [3.05, 3.63) is 12.2 Å². The SMILES string of the molecule is C=C(C)CC(CC(C)C)C[N+](C)(C)C. The van der Waals surface area contributed by atoms with Crippen molar-refractivity contribution in [1.29, 1.82) is 0 Å². The topological polar surface area (TPSA) is 0 Å². The zero-order valence-electron chi connectivity index (χ0n) is 10.9. The van der Waals surface area contributed by atoms with Crippen molar-refractivity contribution in [3.8, 4) is 0 Å². The molecule has 1 heteroatoms. The molecule has 0 saturated carbocycles. The van der Waals surface area contributed by atoms with Crippen molar-refractivity contribution < 1.29 is 4.48 Å². The maximum atomic E-state index is 4.03. The van der Waals surface area contributed by atoms with Crippen molar-refractivity contribution in [2.24, 2.45) is 11.8 Å². The fraction of sp³-hybridized carbons (Fsp3) is 0.846. The van der Waals surface area contributed by atoms with Crippen LogP contribution < -0.4 is 0 Å². The molecule has 0 aliphatic heterocycles. The molecule has 1 nitrogen and oxygen atoms in total. The molecular formula is C13H28N+. The summed E-state index contributed by atoms with van der Waals surface area (Å²) >= 11 is 0. The Labute approximate surface area is 90.4 Å². The third-order valence-electron chi connectivity index (χ3n) is 2.25. The van der Waals surface area contributed by atoms with Crippen LogP contribution >= 0.6 is 0 Å². The Hall–Kier alpha value is -0.300. The zero-order valence-corrected chi connectivity index (χ0v) is 10.9. The maximum absolute atomic E-state index is 4.03. The Balaban J connectivity index is 4.17. The van der Waals surface area contributed by atoms with Crippen LogP contribution in [0, 0.1) is 11.8 Å². The Kier molecular flexibility index (Phi) is 5.43. The van der Waals surface area contributed by atoms with E-state index in [9.17, 15) is 0 Å². The molecule has 0 bridgehead atoms. The van der Waals surface area contributed by atoms with Gasteiger partial charge in [0.1, 0.15) is 0 Å². The molecule has 0 aromatic rings. The van der Waals surface area contributed by atoms with Gasteiger partial charge in [0.2, 0.25) is 0 Å². The summed E-state index contributed by atoms with van der Waals surface area (Å²) in [4.78, 5) is 0. The van der Waals surface area contributed by atoms with Gasteiger partial charge in [-0.3, -0.25) is 0 Å². The fourth-order valence-corrected chi connectivity index (χ4v) is 2.16. The molecule has 0 fully saturated rings. The summed E-state index contributed by atoms with van der Waals surface area (Å²) in [5.74, 6) is 1.60. The molecule has 84 valence electrons. The molecule has 0 radical (unpaired) electrons. The van der Waals surface area contributed by atoms with Crippen LogP contribution in [0.2, 0.25) is 0 Å². The van der Waals surface area contributed by atoms with Crippen molar-refractivity contribution in [1.82, 2.24) is 0 Å². The smallest absolute Gasteiger partial charge is 0.0812 e. The van der Waals surface area contributed by atoms with Gasteiger partial charge >= 0.3 is 0 Å². The molecule has 0 rings (SSSR count).